The summed E-state index contributed by atoms with van der Waals surface area (Å²) in [4.78, 5) is 28.5. The third kappa shape index (κ3) is 4.24. The predicted octanol–water partition coefficient (Wildman–Crippen LogP) is 2.58. The first-order chi connectivity index (χ1) is 11.4. The van der Waals surface area contributed by atoms with Crippen molar-refractivity contribution in [2.75, 3.05) is 7.11 Å². The van der Waals surface area contributed by atoms with Crippen molar-refractivity contribution in [3.8, 4) is 5.88 Å². The summed E-state index contributed by atoms with van der Waals surface area (Å²) in [5.41, 5.74) is 0.208. The minimum absolute atomic E-state index is 0.135. The van der Waals surface area contributed by atoms with Crippen molar-refractivity contribution in [2.24, 2.45) is 11.8 Å². The zero-order chi connectivity index (χ0) is 17.7. The van der Waals surface area contributed by atoms with Crippen LogP contribution >= 0.6 is 0 Å². The summed E-state index contributed by atoms with van der Waals surface area (Å²) >= 11 is 0. The number of pyridine rings is 1. The average Bonchev–Trinajstić information content (AvgIpc) is 2.58. The molecule has 0 aliphatic heterocycles. The Bertz CT molecular complexity index is 590. The van der Waals surface area contributed by atoms with E-state index in [9.17, 15) is 9.59 Å². The van der Waals surface area contributed by atoms with Gasteiger partial charge in [0.25, 0.3) is 5.91 Å². The van der Waals surface area contributed by atoms with Gasteiger partial charge in [-0.25, -0.2) is 9.78 Å². The smallest absolute Gasteiger partial charge is 0.344 e. The number of methoxy groups -OCH3 is 1. The fraction of sp³-hybridized carbons (Fsp3) is 0.611. The van der Waals surface area contributed by atoms with Crippen LogP contribution in [0.15, 0.2) is 18.3 Å². The maximum atomic E-state index is 12.3. The van der Waals surface area contributed by atoms with Crippen molar-refractivity contribution in [1.82, 2.24) is 10.3 Å². The number of hydrogen-bond donors (Lipinski definition) is 1. The van der Waals surface area contributed by atoms with E-state index in [1.54, 1.807) is 19.1 Å². The van der Waals surface area contributed by atoms with E-state index in [1.807, 2.05) is 0 Å². The molecule has 132 valence electrons. The van der Waals surface area contributed by atoms with Gasteiger partial charge >= 0.3 is 5.97 Å². The van der Waals surface area contributed by atoms with Gasteiger partial charge in [-0.1, -0.05) is 26.7 Å². The lowest BCUT2D eigenvalue weighted by Gasteiger charge is -2.35. The highest BCUT2D eigenvalue weighted by Gasteiger charge is 2.30. The summed E-state index contributed by atoms with van der Waals surface area (Å²) in [6.45, 7) is 5.94. The molecule has 24 heavy (non-hydrogen) atoms. The molecular weight excluding hydrogens is 308 g/mol. The highest BCUT2D eigenvalue weighted by molar-refractivity contribution is 5.94. The van der Waals surface area contributed by atoms with E-state index in [4.69, 9.17) is 9.47 Å². The molecule has 6 nitrogen and oxygen atoms in total. The highest BCUT2D eigenvalue weighted by Crippen LogP contribution is 2.29. The van der Waals surface area contributed by atoms with Crippen LogP contribution in [0.5, 0.6) is 5.88 Å². The molecule has 1 N–H and O–H groups in total. The second-order valence-electron chi connectivity index (χ2n) is 6.49. The van der Waals surface area contributed by atoms with Gasteiger partial charge in [-0.3, -0.25) is 4.79 Å². The maximum Gasteiger partial charge on any atom is 0.344 e. The fourth-order valence-corrected chi connectivity index (χ4v) is 3.07. The first-order valence-electron chi connectivity index (χ1n) is 8.44. The minimum atomic E-state index is -0.869. The van der Waals surface area contributed by atoms with E-state index in [1.165, 1.54) is 19.7 Å². The number of esters is 1. The second-order valence-corrected chi connectivity index (χ2v) is 6.49. The number of nitrogens with one attached hydrogen (secondary N) is 1. The monoisotopic (exact) mass is 334 g/mol. The zero-order valence-electron chi connectivity index (χ0n) is 14.7. The lowest BCUT2D eigenvalue weighted by Crippen LogP contribution is -2.47. The van der Waals surface area contributed by atoms with Gasteiger partial charge in [-0.05, 0) is 37.3 Å². The van der Waals surface area contributed by atoms with Gasteiger partial charge in [0, 0.05) is 12.2 Å². The summed E-state index contributed by atoms with van der Waals surface area (Å²) in [5.74, 6) is 0.306. The molecule has 2 rings (SSSR count). The lowest BCUT2D eigenvalue weighted by molar-refractivity contribution is -0.130. The van der Waals surface area contributed by atoms with Gasteiger partial charge in [0.1, 0.15) is 5.56 Å². The quantitative estimate of drug-likeness (QED) is 0.838. The fourth-order valence-electron chi connectivity index (χ4n) is 3.07. The van der Waals surface area contributed by atoms with E-state index in [-0.39, 0.29) is 23.4 Å². The zero-order valence-corrected chi connectivity index (χ0v) is 14.7. The van der Waals surface area contributed by atoms with E-state index in [2.05, 4.69) is 24.1 Å². The molecule has 1 heterocycles. The second kappa shape index (κ2) is 8.13. The first kappa shape index (κ1) is 18.2. The summed E-state index contributed by atoms with van der Waals surface area (Å²) in [6, 6.07) is 3.31. The number of hydrogen-bond acceptors (Lipinski definition) is 5. The Morgan fingerprint density at radius 1 is 1.33 bits per heavy atom. The topological polar surface area (TPSA) is 77.5 Å². The van der Waals surface area contributed by atoms with Crippen LogP contribution in [0.4, 0.5) is 0 Å². The predicted molar refractivity (Wildman–Crippen MR) is 89.8 cm³/mol. The summed E-state index contributed by atoms with van der Waals surface area (Å²) < 4.78 is 10.3. The van der Waals surface area contributed by atoms with Crippen molar-refractivity contribution in [1.29, 1.82) is 0 Å². The molecule has 1 amide bonds. The normalized spacial score (nSPS) is 24.8. The molecule has 0 radical (unpaired) electrons. The Morgan fingerprint density at radius 3 is 2.79 bits per heavy atom. The van der Waals surface area contributed by atoms with Crippen molar-refractivity contribution >= 4 is 11.9 Å². The number of rotatable bonds is 5. The van der Waals surface area contributed by atoms with E-state index in [0.29, 0.717) is 11.8 Å². The van der Waals surface area contributed by atoms with Crippen molar-refractivity contribution in [3.05, 3.63) is 23.9 Å². The molecule has 1 aromatic rings. The Balaban J connectivity index is 1.95. The molecule has 1 fully saturated rings. The van der Waals surface area contributed by atoms with Crippen LogP contribution < -0.4 is 10.1 Å². The SMILES string of the molecule is COc1ncccc1C(=O)O[C@H](C)C(=O)N[C@@H]1CCC[C@H](C)[C@@H]1C. The van der Waals surface area contributed by atoms with E-state index in [0.717, 1.165) is 12.8 Å². The van der Waals surface area contributed by atoms with Crippen LogP contribution in [0.2, 0.25) is 0 Å². The third-order valence-corrected chi connectivity index (χ3v) is 4.87. The largest absolute Gasteiger partial charge is 0.480 e. The molecule has 0 unspecified atom stereocenters. The molecule has 0 aromatic carbocycles. The summed E-state index contributed by atoms with van der Waals surface area (Å²) in [7, 11) is 1.43. The molecule has 0 saturated heterocycles. The van der Waals surface area contributed by atoms with Gasteiger partial charge in [0.05, 0.1) is 7.11 Å². The third-order valence-electron chi connectivity index (χ3n) is 4.87. The van der Waals surface area contributed by atoms with Crippen molar-refractivity contribution in [2.45, 2.75) is 52.2 Å². The number of aromatic nitrogens is 1. The van der Waals surface area contributed by atoms with Gasteiger partial charge in [0.2, 0.25) is 5.88 Å². The maximum absolute atomic E-state index is 12.3. The molecule has 1 aromatic heterocycles. The molecule has 0 spiro atoms. The summed E-state index contributed by atoms with van der Waals surface area (Å²) in [5, 5.41) is 3.02. The molecule has 6 heteroatoms. The number of carbonyl (C=O) groups excluding carboxylic acids is 2. The van der Waals surface area contributed by atoms with Crippen LogP contribution in [0.1, 0.15) is 50.4 Å². The van der Waals surface area contributed by atoms with Crippen LogP contribution in [-0.2, 0) is 9.53 Å². The van der Waals surface area contributed by atoms with E-state index < -0.39 is 12.1 Å². The van der Waals surface area contributed by atoms with Crippen LogP contribution in [0, 0.1) is 11.8 Å². The van der Waals surface area contributed by atoms with Gasteiger partial charge < -0.3 is 14.8 Å². The number of carbonyl (C=O) groups is 2. The first-order valence-corrected chi connectivity index (χ1v) is 8.44. The average molecular weight is 334 g/mol. The van der Waals surface area contributed by atoms with Gasteiger partial charge in [-0.15, -0.1) is 0 Å². The number of nitrogens with zero attached hydrogens (tertiary/aromatic N) is 1. The van der Waals surface area contributed by atoms with Crippen LogP contribution in [0.3, 0.4) is 0 Å². The van der Waals surface area contributed by atoms with E-state index >= 15 is 0 Å². The minimum Gasteiger partial charge on any atom is -0.480 e. The Labute approximate surface area is 142 Å². The summed E-state index contributed by atoms with van der Waals surface area (Å²) in [6.07, 6.45) is 3.93. The molecular formula is C18H26N2O4. The van der Waals surface area contributed by atoms with Gasteiger partial charge in [0.15, 0.2) is 6.10 Å². The molecule has 4 atom stereocenters. The standard InChI is InChI=1S/C18H26N2O4/c1-11-7-5-9-15(12(11)2)20-16(21)13(3)24-18(22)14-8-6-10-19-17(14)23-4/h6,8,10-13,15H,5,7,9H2,1-4H3,(H,20,21)/t11-,12-,13+,15+/m0/s1. The molecule has 0 bridgehead atoms. The number of amides is 1. The van der Waals surface area contributed by atoms with Crippen LogP contribution in [-0.4, -0.2) is 36.1 Å². The lowest BCUT2D eigenvalue weighted by atomic mass is 9.78. The Morgan fingerprint density at radius 2 is 2.08 bits per heavy atom. The van der Waals surface area contributed by atoms with Crippen LogP contribution in [0.25, 0.3) is 0 Å². The molecule has 1 saturated carbocycles. The molecule has 1 aliphatic carbocycles. The molecule has 1 aliphatic rings. The van der Waals surface area contributed by atoms with Crippen molar-refractivity contribution < 1.29 is 19.1 Å². The highest BCUT2D eigenvalue weighted by atomic mass is 16.5. The van der Waals surface area contributed by atoms with Crippen molar-refractivity contribution in [3.63, 3.8) is 0 Å². The Hall–Kier alpha value is -2.11. The van der Waals surface area contributed by atoms with Gasteiger partial charge in [-0.2, -0.15) is 0 Å². The Kier molecular flexibility index (Phi) is 6.17. The number of ether oxygens (including phenoxy) is 2.